The van der Waals surface area contributed by atoms with Gasteiger partial charge in [-0.15, -0.1) is 0 Å². The minimum Gasteiger partial charge on any atom is -0.462 e. The Balaban J connectivity index is 2.64. The molecule has 0 bridgehead atoms. The van der Waals surface area contributed by atoms with Gasteiger partial charge in [-0.3, -0.25) is 0 Å². The van der Waals surface area contributed by atoms with Crippen molar-refractivity contribution < 1.29 is 9.53 Å². The van der Waals surface area contributed by atoms with Crippen LogP contribution in [0.3, 0.4) is 0 Å². The first-order valence-corrected chi connectivity index (χ1v) is 3.89. The van der Waals surface area contributed by atoms with Gasteiger partial charge in [-0.1, -0.05) is 22.0 Å². The van der Waals surface area contributed by atoms with Crippen LogP contribution in [0.2, 0.25) is 0 Å². The molecule has 1 aliphatic rings. The number of hydrogen-bond donors (Lipinski definition) is 0. The summed E-state index contributed by atoms with van der Waals surface area (Å²) in [7, 11) is 0. The number of rotatable bonds is 1. The van der Waals surface area contributed by atoms with Gasteiger partial charge < -0.3 is 4.74 Å². The third-order valence-electron chi connectivity index (χ3n) is 1.15. The predicted molar refractivity (Wildman–Crippen MR) is 37.5 cm³/mol. The Morgan fingerprint density at radius 1 is 1.78 bits per heavy atom. The van der Waals surface area contributed by atoms with Crippen molar-refractivity contribution in [3.63, 3.8) is 0 Å². The second-order valence-corrected chi connectivity index (χ2v) is 2.35. The first kappa shape index (κ1) is 6.81. The summed E-state index contributed by atoms with van der Waals surface area (Å²) in [6.45, 7) is 0.537. The number of halogens is 1. The van der Waals surface area contributed by atoms with Crippen LogP contribution in [-0.2, 0) is 9.53 Å². The van der Waals surface area contributed by atoms with Gasteiger partial charge in [0.1, 0.15) is 0 Å². The number of carbonyl (C=O) groups is 1. The smallest absolute Gasteiger partial charge is 0.334 e. The topological polar surface area (TPSA) is 26.3 Å². The Kier molecular flexibility index (Phi) is 2.28. The average molecular weight is 191 g/mol. The van der Waals surface area contributed by atoms with E-state index in [1.165, 1.54) is 0 Å². The molecule has 0 amide bonds. The zero-order valence-corrected chi connectivity index (χ0v) is 6.48. The van der Waals surface area contributed by atoms with Crippen LogP contribution in [0.4, 0.5) is 0 Å². The van der Waals surface area contributed by atoms with Gasteiger partial charge in [-0.05, 0) is 0 Å². The van der Waals surface area contributed by atoms with Crippen LogP contribution >= 0.6 is 15.9 Å². The Morgan fingerprint density at radius 3 is 3.00 bits per heavy atom. The first-order chi connectivity index (χ1) is 4.34. The molecule has 0 unspecified atom stereocenters. The maximum atomic E-state index is 10.7. The summed E-state index contributed by atoms with van der Waals surface area (Å²) in [6.07, 6.45) is 2.76. The lowest BCUT2D eigenvalue weighted by Gasteiger charge is -2.09. The first-order valence-electron chi connectivity index (χ1n) is 2.76. The van der Waals surface area contributed by atoms with Crippen LogP contribution < -0.4 is 0 Å². The van der Waals surface area contributed by atoms with E-state index in [1.807, 2.05) is 6.08 Å². The highest BCUT2D eigenvalue weighted by Crippen LogP contribution is 2.09. The van der Waals surface area contributed by atoms with E-state index < -0.39 is 0 Å². The second-order valence-electron chi connectivity index (χ2n) is 1.79. The van der Waals surface area contributed by atoms with Crippen LogP contribution in [-0.4, -0.2) is 17.9 Å². The summed E-state index contributed by atoms with van der Waals surface area (Å²) in [5.74, 6) is -0.182. The van der Waals surface area contributed by atoms with Crippen molar-refractivity contribution in [2.75, 3.05) is 11.9 Å². The molecule has 0 aliphatic carbocycles. The summed E-state index contributed by atoms with van der Waals surface area (Å²) in [5, 5.41) is 0.603. The lowest BCUT2D eigenvalue weighted by molar-refractivity contribution is -0.139. The van der Waals surface area contributed by atoms with Gasteiger partial charge in [0.15, 0.2) is 0 Å². The molecular weight excluding hydrogens is 184 g/mol. The van der Waals surface area contributed by atoms with E-state index in [1.54, 1.807) is 0 Å². The highest BCUT2D eigenvalue weighted by molar-refractivity contribution is 9.09. The monoisotopic (exact) mass is 190 g/mol. The van der Waals surface area contributed by atoms with Crippen LogP contribution in [0.25, 0.3) is 0 Å². The highest BCUT2D eigenvalue weighted by Gasteiger charge is 2.12. The molecule has 0 N–H and O–H groups in total. The molecule has 0 aromatic carbocycles. The molecule has 0 aromatic rings. The fraction of sp³-hybridized carbons (Fsp3) is 0.500. The standard InChI is InChI=1S/C6H7BrO2/c7-4-5-2-1-3-9-6(5)8/h2H,1,3-4H2. The van der Waals surface area contributed by atoms with Crippen molar-refractivity contribution in [2.24, 2.45) is 0 Å². The fourth-order valence-corrected chi connectivity index (χ4v) is 1.13. The molecule has 2 nitrogen and oxygen atoms in total. The van der Waals surface area contributed by atoms with E-state index in [-0.39, 0.29) is 5.97 Å². The molecule has 0 saturated carbocycles. The molecule has 0 radical (unpaired) electrons. The van der Waals surface area contributed by atoms with Crippen LogP contribution in [0.1, 0.15) is 6.42 Å². The minimum atomic E-state index is -0.182. The largest absolute Gasteiger partial charge is 0.462 e. The summed E-state index contributed by atoms with van der Waals surface area (Å²) in [4.78, 5) is 10.7. The number of alkyl halides is 1. The summed E-state index contributed by atoms with van der Waals surface area (Å²) in [5.41, 5.74) is 0.737. The lowest BCUT2D eigenvalue weighted by Crippen LogP contribution is -2.14. The van der Waals surface area contributed by atoms with Crippen molar-refractivity contribution in [2.45, 2.75) is 6.42 Å². The normalized spacial score (nSPS) is 18.8. The number of hydrogen-bond acceptors (Lipinski definition) is 2. The second kappa shape index (κ2) is 3.01. The van der Waals surface area contributed by atoms with Gasteiger partial charge in [0.2, 0.25) is 0 Å². The molecule has 50 valence electrons. The number of esters is 1. The quantitative estimate of drug-likeness (QED) is 0.460. The Labute approximate surface area is 62.0 Å². The van der Waals surface area contributed by atoms with Crippen LogP contribution in [0.15, 0.2) is 11.6 Å². The Bertz CT molecular complexity index is 151. The molecule has 0 spiro atoms. The molecule has 3 heteroatoms. The zero-order valence-electron chi connectivity index (χ0n) is 4.89. The van der Waals surface area contributed by atoms with E-state index in [2.05, 4.69) is 15.9 Å². The van der Waals surface area contributed by atoms with Crippen molar-refractivity contribution in [3.8, 4) is 0 Å². The lowest BCUT2D eigenvalue weighted by atomic mass is 10.2. The third kappa shape index (κ3) is 1.55. The summed E-state index contributed by atoms with van der Waals surface area (Å²) >= 11 is 3.18. The SMILES string of the molecule is O=C1OCCC=C1CBr. The minimum absolute atomic E-state index is 0.182. The molecule has 0 fully saturated rings. The number of cyclic esters (lactones) is 1. The average Bonchev–Trinajstić information content (AvgIpc) is 1.89. The molecule has 1 heterocycles. The van der Waals surface area contributed by atoms with Crippen molar-refractivity contribution in [1.29, 1.82) is 0 Å². The van der Waals surface area contributed by atoms with E-state index in [0.29, 0.717) is 11.9 Å². The van der Waals surface area contributed by atoms with Gasteiger partial charge >= 0.3 is 5.97 Å². The highest BCUT2D eigenvalue weighted by atomic mass is 79.9. The van der Waals surface area contributed by atoms with Crippen molar-refractivity contribution in [1.82, 2.24) is 0 Å². The predicted octanol–water partition coefficient (Wildman–Crippen LogP) is 1.25. The molecule has 9 heavy (non-hydrogen) atoms. The molecule has 0 saturated heterocycles. The molecular formula is C6H7BrO2. The van der Waals surface area contributed by atoms with Crippen molar-refractivity contribution >= 4 is 21.9 Å². The molecule has 0 atom stereocenters. The summed E-state index contributed by atoms with van der Waals surface area (Å²) < 4.78 is 4.74. The zero-order chi connectivity index (χ0) is 6.69. The van der Waals surface area contributed by atoms with E-state index in [9.17, 15) is 4.79 Å². The fourth-order valence-electron chi connectivity index (χ4n) is 0.670. The Hall–Kier alpha value is -0.310. The molecule has 1 aliphatic heterocycles. The van der Waals surface area contributed by atoms with Gasteiger partial charge in [0, 0.05) is 17.3 Å². The van der Waals surface area contributed by atoms with E-state index in [0.717, 1.165) is 12.0 Å². The van der Waals surface area contributed by atoms with Crippen LogP contribution in [0.5, 0.6) is 0 Å². The number of carbonyl (C=O) groups excluding carboxylic acids is 1. The van der Waals surface area contributed by atoms with Crippen molar-refractivity contribution in [3.05, 3.63) is 11.6 Å². The van der Waals surface area contributed by atoms with Gasteiger partial charge in [-0.2, -0.15) is 0 Å². The van der Waals surface area contributed by atoms with Gasteiger partial charge in [0.25, 0.3) is 0 Å². The van der Waals surface area contributed by atoms with E-state index >= 15 is 0 Å². The maximum absolute atomic E-state index is 10.7. The van der Waals surface area contributed by atoms with Gasteiger partial charge in [-0.25, -0.2) is 4.79 Å². The van der Waals surface area contributed by atoms with Gasteiger partial charge in [0.05, 0.1) is 6.61 Å². The third-order valence-corrected chi connectivity index (χ3v) is 1.75. The summed E-state index contributed by atoms with van der Waals surface area (Å²) in [6, 6.07) is 0. The van der Waals surface area contributed by atoms with Crippen LogP contribution in [0, 0.1) is 0 Å². The van der Waals surface area contributed by atoms with E-state index in [4.69, 9.17) is 4.74 Å². The maximum Gasteiger partial charge on any atom is 0.334 e. The number of ether oxygens (including phenoxy) is 1. The molecule has 1 rings (SSSR count). The Morgan fingerprint density at radius 2 is 2.56 bits per heavy atom. The molecule has 0 aromatic heterocycles.